The number of imide groups is 1. The largest absolute Gasteiger partial charge is 0.327 e. The molecule has 2 atom stereocenters. The fraction of sp³-hybridized carbons (Fsp3) is 0.640. The first-order chi connectivity index (χ1) is 13.9. The van der Waals surface area contributed by atoms with Gasteiger partial charge < -0.3 is 4.90 Å². The molecule has 1 saturated carbocycles. The van der Waals surface area contributed by atoms with Gasteiger partial charge in [0.15, 0.2) is 0 Å². The van der Waals surface area contributed by atoms with Crippen LogP contribution in [0.4, 0.5) is 5.69 Å². The molecule has 3 amide bonds. The lowest BCUT2D eigenvalue weighted by atomic mass is 10.0. The number of nitrogens with zero attached hydrogens (tertiary/aromatic N) is 2. The van der Waals surface area contributed by atoms with Crippen LogP contribution < -0.4 is 4.90 Å². The van der Waals surface area contributed by atoms with Crippen LogP contribution in [0.1, 0.15) is 79.7 Å². The van der Waals surface area contributed by atoms with Gasteiger partial charge in [-0.2, -0.15) is 0 Å². The molecule has 0 aromatic heterocycles. The smallest absolute Gasteiger partial charge is 0.257 e. The molecule has 1 saturated heterocycles. The number of carbonyl (C=O) groups is 3. The summed E-state index contributed by atoms with van der Waals surface area (Å²) in [5, 5.41) is 0. The van der Waals surface area contributed by atoms with Crippen LogP contribution >= 0.6 is 0 Å². The second-order valence-electron chi connectivity index (χ2n) is 10.4. The molecule has 1 heterocycles. The van der Waals surface area contributed by atoms with Gasteiger partial charge in [0, 0.05) is 12.0 Å². The van der Waals surface area contributed by atoms with Gasteiger partial charge in [0.2, 0.25) is 11.8 Å². The monoisotopic (exact) mass is 412 g/mol. The lowest BCUT2D eigenvalue weighted by Crippen LogP contribution is -2.51. The third-order valence-electron chi connectivity index (χ3n) is 7.86. The fourth-order valence-corrected chi connectivity index (χ4v) is 4.95. The molecule has 3 rings (SSSR count). The van der Waals surface area contributed by atoms with Gasteiger partial charge in [0.25, 0.3) is 5.91 Å². The molecular formula is C25H36N2O3. The van der Waals surface area contributed by atoms with Crippen molar-refractivity contribution in [2.24, 2.45) is 16.7 Å². The van der Waals surface area contributed by atoms with Crippen molar-refractivity contribution in [2.75, 3.05) is 4.90 Å². The Hall–Kier alpha value is -2.17. The third kappa shape index (κ3) is 3.36. The van der Waals surface area contributed by atoms with Crippen LogP contribution in [0.15, 0.2) is 24.3 Å². The molecule has 0 N–H and O–H groups in total. The van der Waals surface area contributed by atoms with Crippen molar-refractivity contribution in [2.45, 2.75) is 86.2 Å². The summed E-state index contributed by atoms with van der Waals surface area (Å²) in [5.41, 5.74) is 1.51. The Morgan fingerprint density at radius 2 is 1.60 bits per heavy atom. The summed E-state index contributed by atoms with van der Waals surface area (Å²) in [6.45, 7) is 16.6. The summed E-state index contributed by atoms with van der Waals surface area (Å²) in [4.78, 5) is 42.8. The number of anilines is 1. The molecule has 1 aliphatic carbocycles. The summed E-state index contributed by atoms with van der Waals surface area (Å²) < 4.78 is 0. The van der Waals surface area contributed by atoms with Gasteiger partial charge in [-0.3, -0.25) is 14.4 Å². The predicted molar refractivity (Wildman–Crippen MR) is 119 cm³/mol. The molecule has 2 aliphatic rings. The maximum Gasteiger partial charge on any atom is 0.257 e. The Morgan fingerprint density at radius 3 is 2.03 bits per heavy atom. The van der Waals surface area contributed by atoms with Gasteiger partial charge in [-0.15, -0.1) is 0 Å². The van der Waals surface area contributed by atoms with Gasteiger partial charge in [0.05, 0.1) is 12.1 Å². The first-order valence-corrected chi connectivity index (χ1v) is 11.1. The maximum absolute atomic E-state index is 13.6. The number of benzene rings is 1. The quantitative estimate of drug-likeness (QED) is 0.634. The Balaban J connectivity index is 1.90. The number of rotatable bonds is 6. The lowest BCUT2D eigenvalue weighted by molar-refractivity contribution is -0.143. The van der Waals surface area contributed by atoms with Crippen LogP contribution in [-0.2, 0) is 14.4 Å². The normalized spacial score (nSPS) is 23.8. The minimum Gasteiger partial charge on any atom is -0.327 e. The first-order valence-electron chi connectivity index (χ1n) is 11.1. The molecule has 5 heteroatoms. The molecule has 0 radical (unpaired) electrons. The third-order valence-corrected chi connectivity index (χ3v) is 7.86. The summed E-state index contributed by atoms with van der Waals surface area (Å²) in [6, 6.07) is 6.75. The molecule has 2 fully saturated rings. The van der Waals surface area contributed by atoms with Gasteiger partial charge in [-0.25, -0.2) is 4.90 Å². The molecule has 30 heavy (non-hydrogen) atoms. The highest BCUT2D eigenvalue weighted by Crippen LogP contribution is 2.69. The van der Waals surface area contributed by atoms with E-state index in [9.17, 15) is 14.4 Å². The van der Waals surface area contributed by atoms with E-state index in [0.29, 0.717) is 11.6 Å². The number of hydrogen-bond donors (Lipinski definition) is 0. The Kier molecular flexibility index (Phi) is 5.63. The highest BCUT2D eigenvalue weighted by molar-refractivity contribution is 6.23. The van der Waals surface area contributed by atoms with Crippen LogP contribution in [0.3, 0.4) is 0 Å². The average Bonchev–Trinajstić information content (AvgIpc) is 2.90. The molecule has 5 nitrogen and oxygen atoms in total. The molecule has 1 aromatic carbocycles. The zero-order valence-electron chi connectivity index (χ0n) is 19.7. The molecule has 164 valence electrons. The van der Waals surface area contributed by atoms with E-state index in [1.54, 1.807) is 4.90 Å². The van der Waals surface area contributed by atoms with Crippen molar-refractivity contribution < 1.29 is 14.4 Å². The molecular weight excluding hydrogens is 376 g/mol. The van der Waals surface area contributed by atoms with Crippen LogP contribution in [0.2, 0.25) is 0 Å². The summed E-state index contributed by atoms with van der Waals surface area (Å²) >= 11 is 0. The van der Waals surface area contributed by atoms with Gasteiger partial charge in [-0.1, -0.05) is 60.6 Å². The second-order valence-corrected chi connectivity index (χ2v) is 10.4. The lowest BCUT2D eigenvalue weighted by Gasteiger charge is -2.33. The van der Waals surface area contributed by atoms with E-state index in [0.717, 1.165) is 12.0 Å². The Labute approximate surface area is 180 Å². The Morgan fingerprint density at radius 1 is 1.07 bits per heavy atom. The highest BCUT2D eigenvalue weighted by Gasteiger charge is 2.69. The van der Waals surface area contributed by atoms with Gasteiger partial charge >= 0.3 is 0 Å². The van der Waals surface area contributed by atoms with E-state index in [1.807, 2.05) is 38.1 Å². The molecule has 2 unspecified atom stereocenters. The number of amides is 3. The minimum absolute atomic E-state index is 0.00232. The van der Waals surface area contributed by atoms with Crippen molar-refractivity contribution in [3.8, 4) is 0 Å². The van der Waals surface area contributed by atoms with E-state index in [-0.39, 0.29) is 46.9 Å². The van der Waals surface area contributed by atoms with Crippen molar-refractivity contribution in [3.05, 3.63) is 29.8 Å². The number of hydrogen-bond acceptors (Lipinski definition) is 3. The van der Waals surface area contributed by atoms with Crippen LogP contribution in [0.5, 0.6) is 0 Å². The first kappa shape index (κ1) is 22.5. The van der Waals surface area contributed by atoms with Crippen LogP contribution in [-0.4, -0.2) is 34.7 Å². The SMILES string of the molecule is CCC(C)N(C(=O)C1C(C)(C)C1(C)C)C1CC(=O)N(c2ccc(C(C)C)cc2)C1=O. The average molecular weight is 413 g/mol. The molecule has 0 bridgehead atoms. The summed E-state index contributed by atoms with van der Waals surface area (Å²) in [6.07, 6.45) is 0.787. The van der Waals surface area contributed by atoms with E-state index in [1.165, 1.54) is 4.90 Å². The summed E-state index contributed by atoms with van der Waals surface area (Å²) in [7, 11) is 0. The van der Waals surface area contributed by atoms with Gasteiger partial charge in [-0.05, 0) is 47.8 Å². The van der Waals surface area contributed by atoms with E-state index in [2.05, 4.69) is 41.5 Å². The fourth-order valence-electron chi connectivity index (χ4n) is 4.95. The van der Waals surface area contributed by atoms with Crippen LogP contribution in [0.25, 0.3) is 0 Å². The zero-order valence-corrected chi connectivity index (χ0v) is 19.7. The van der Waals surface area contributed by atoms with E-state index in [4.69, 9.17) is 0 Å². The molecule has 1 aromatic rings. The predicted octanol–water partition coefficient (Wildman–Crippen LogP) is 4.75. The molecule has 0 spiro atoms. The standard InChI is InChI=1S/C25H36N2O3/c1-9-16(4)26(23(30)21-24(5,6)25(21,7)8)19-14-20(28)27(22(19)29)18-12-10-17(11-13-18)15(2)3/h10-13,15-16,19,21H,9,14H2,1-8H3. The summed E-state index contributed by atoms with van der Waals surface area (Å²) in [5.74, 6) is -0.288. The zero-order chi connectivity index (χ0) is 22.6. The minimum atomic E-state index is -0.725. The second kappa shape index (κ2) is 7.51. The van der Waals surface area contributed by atoms with Crippen molar-refractivity contribution in [1.82, 2.24) is 4.90 Å². The topological polar surface area (TPSA) is 57.7 Å². The van der Waals surface area contributed by atoms with Crippen molar-refractivity contribution in [3.63, 3.8) is 0 Å². The van der Waals surface area contributed by atoms with Crippen LogP contribution in [0, 0.1) is 16.7 Å². The maximum atomic E-state index is 13.6. The highest BCUT2D eigenvalue weighted by atomic mass is 16.2. The van der Waals surface area contributed by atoms with Gasteiger partial charge in [0.1, 0.15) is 6.04 Å². The molecule has 1 aliphatic heterocycles. The van der Waals surface area contributed by atoms with E-state index < -0.39 is 6.04 Å². The number of carbonyl (C=O) groups excluding carboxylic acids is 3. The van der Waals surface area contributed by atoms with Crippen molar-refractivity contribution >= 4 is 23.4 Å². The van der Waals surface area contributed by atoms with Crippen molar-refractivity contribution in [1.29, 1.82) is 0 Å². The van der Waals surface area contributed by atoms with E-state index >= 15 is 0 Å². The Bertz CT molecular complexity index is 840.